The maximum Gasteiger partial charge on any atom is 0.318 e. The van der Waals surface area contributed by atoms with Crippen molar-refractivity contribution in [2.24, 2.45) is 5.73 Å². The molecule has 1 fully saturated rings. The molecule has 7 heteroatoms. The zero-order chi connectivity index (χ0) is 23.4. The second kappa shape index (κ2) is 9.83. The van der Waals surface area contributed by atoms with Crippen LogP contribution in [0.15, 0.2) is 30.4 Å². The van der Waals surface area contributed by atoms with E-state index in [1.165, 1.54) is 0 Å². The van der Waals surface area contributed by atoms with Gasteiger partial charge in [0.1, 0.15) is 5.75 Å². The van der Waals surface area contributed by atoms with Crippen LogP contribution in [0.2, 0.25) is 0 Å². The van der Waals surface area contributed by atoms with Gasteiger partial charge in [0.15, 0.2) is 0 Å². The highest BCUT2D eigenvalue weighted by Gasteiger charge is 2.59. The van der Waals surface area contributed by atoms with Gasteiger partial charge in [0.25, 0.3) is 0 Å². The lowest BCUT2D eigenvalue weighted by atomic mass is 9.56. The molecule has 3 unspecified atom stereocenters. The van der Waals surface area contributed by atoms with E-state index in [2.05, 4.69) is 16.8 Å². The molecule has 172 valence electrons. The number of imide groups is 1. The van der Waals surface area contributed by atoms with Crippen molar-refractivity contribution >= 4 is 11.9 Å². The molecular weight excluding hydrogens is 394 g/mol. The first-order chi connectivity index (χ1) is 14.5. The quantitative estimate of drug-likeness (QED) is 0.472. The number of primary amides is 1. The number of phenolic OH excluding ortho intramolecular Hbond substituents is 1. The van der Waals surface area contributed by atoms with Gasteiger partial charge in [-0.3, -0.25) is 15.0 Å². The summed E-state index contributed by atoms with van der Waals surface area (Å²) in [5.74, 6) is -0.459. The molecule has 0 spiro atoms. The number of hydrogen-bond acceptors (Lipinski definition) is 5. The first kappa shape index (κ1) is 24.9. The molecule has 0 aromatic heterocycles. The molecule has 2 rings (SSSR count). The number of nitrogens with zero attached hydrogens (tertiary/aromatic N) is 1. The van der Waals surface area contributed by atoms with Crippen LogP contribution in [0.25, 0.3) is 0 Å². The van der Waals surface area contributed by atoms with Gasteiger partial charge in [-0.05, 0) is 69.8 Å². The molecule has 0 aliphatic carbocycles. The number of hydrogen-bond donors (Lipinski definition) is 4. The molecule has 3 amide bonds. The third-order valence-electron chi connectivity index (χ3n) is 6.81. The molecule has 1 aromatic rings. The number of piperidine rings is 1. The lowest BCUT2D eigenvalue weighted by Gasteiger charge is -2.58. The standard InChI is InChI=1S/C24H37N3O4/c1-6-10-24(31)18(5)27(12-9-16(2)3)13-11-23(24,15-21(29)26-22(25)30)20-14-19(28)8-7-17(20)4/h7-8,14,18,28,31H,2,6,9-13,15H2,1,3-5H3,(H3,25,26,29,30). The summed E-state index contributed by atoms with van der Waals surface area (Å²) in [6.45, 7) is 13.3. The second-order valence-electron chi connectivity index (χ2n) is 9.01. The maximum atomic E-state index is 12.8. The SMILES string of the molecule is C=C(C)CCN1CCC(CC(=O)NC(N)=O)(c2cc(O)ccc2C)C(O)(CCC)C1C. The fourth-order valence-corrected chi connectivity index (χ4v) is 5.20. The molecular formula is C24H37N3O4. The summed E-state index contributed by atoms with van der Waals surface area (Å²) in [6.07, 6.45) is 2.41. The summed E-state index contributed by atoms with van der Waals surface area (Å²) in [7, 11) is 0. The minimum Gasteiger partial charge on any atom is -0.508 e. The molecule has 7 nitrogen and oxygen atoms in total. The first-order valence-electron chi connectivity index (χ1n) is 11.0. The minimum atomic E-state index is -1.26. The number of nitrogens with two attached hydrogens (primary N) is 1. The number of aryl methyl sites for hydroxylation is 1. The molecule has 1 heterocycles. The Hall–Kier alpha value is -2.38. The van der Waals surface area contributed by atoms with E-state index in [-0.39, 0.29) is 18.2 Å². The van der Waals surface area contributed by atoms with E-state index in [0.29, 0.717) is 25.8 Å². The van der Waals surface area contributed by atoms with Crippen molar-refractivity contribution in [2.45, 2.75) is 76.9 Å². The van der Waals surface area contributed by atoms with Crippen molar-refractivity contribution in [3.8, 4) is 5.75 Å². The zero-order valence-corrected chi connectivity index (χ0v) is 19.2. The largest absolute Gasteiger partial charge is 0.508 e. The Bertz CT molecular complexity index is 840. The van der Waals surface area contributed by atoms with Crippen LogP contribution in [0.4, 0.5) is 4.79 Å². The van der Waals surface area contributed by atoms with Gasteiger partial charge in [0.05, 0.1) is 5.60 Å². The van der Waals surface area contributed by atoms with Crippen LogP contribution in [-0.4, -0.2) is 51.8 Å². The summed E-state index contributed by atoms with van der Waals surface area (Å²) in [6, 6.07) is 3.87. The van der Waals surface area contributed by atoms with Crippen LogP contribution in [0.1, 0.15) is 64.0 Å². The van der Waals surface area contributed by atoms with Crippen LogP contribution < -0.4 is 11.1 Å². The summed E-state index contributed by atoms with van der Waals surface area (Å²) in [5, 5.41) is 24.7. The third kappa shape index (κ3) is 5.10. The molecule has 1 aliphatic rings. The van der Waals surface area contributed by atoms with E-state index < -0.39 is 23.0 Å². The predicted octanol–water partition coefficient (Wildman–Crippen LogP) is 3.12. The van der Waals surface area contributed by atoms with Crippen molar-refractivity contribution in [1.82, 2.24) is 10.2 Å². The molecule has 31 heavy (non-hydrogen) atoms. The second-order valence-corrected chi connectivity index (χ2v) is 9.01. The number of phenols is 1. The van der Waals surface area contributed by atoms with Crippen LogP contribution in [0.5, 0.6) is 5.75 Å². The highest BCUT2D eigenvalue weighted by Crippen LogP contribution is 2.51. The Morgan fingerprint density at radius 1 is 1.39 bits per heavy atom. The summed E-state index contributed by atoms with van der Waals surface area (Å²) in [4.78, 5) is 26.4. The summed E-state index contributed by atoms with van der Waals surface area (Å²) in [5.41, 5.74) is 5.63. The van der Waals surface area contributed by atoms with E-state index in [1.807, 2.05) is 27.7 Å². The zero-order valence-electron chi connectivity index (χ0n) is 19.2. The normalized spacial score (nSPS) is 26.4. The van der Waals surface area contributed by atoms with E-state index in [0.717, 1.165) is 29.7 Å². The third-order valence-corrected chi connectivity index (χ3v) is 6.81. The number of aromatic hydroxyl groups is 1. The fourth-order valence-electron chi connectivity index (χ4n) is 5.20. The van der Waals surface area contributed by atoms with Crippen LogP contribution in [0, 0.1) is 6.92 Å². The molecule has 5 N–H and O–H groups in total. The van der Waals surface area contributed by atoms with Gasteiger partial charge in [-0.2, -0.15) is 0 Å². The number of urea groups is 1. The number of carbonyl (C=O) groups excluding carboxylic acids is 2. The van der Waals surface area contributed by atoms with E-state index in [4.69, 9.17) is 5.73 Å². The number of benzene rings is 1. The number of carbonyl (C=O) groups is 2. The average molecular weight is 432 g/mol. The van der Waals surface area contributed by atoms with Gasteiger partial charge in [-0.1, -0.05) is 25.0 Å². The van der Waals surface area contributed by atoms with Crippen molar-refractivity contribution in [1.29, 1.82) is 0 Å². The summed E-state index contributed by atoms with van der Waals surface area (Å²) < 4.78 is 0. The molecule has 1 aliphatic heterocycles. The number of nitrogens with one attached hydrogen (secondary N) is 1. The predicted molar refractivity (Wildman–Crippen MR) is 122 cm³/mol. The first-order valence-corrected chi connectivity index (χ1v) is 11.0. The average Bonchev–Trinajstić information content (AvgIpc) is 2.66. The summed E-state index contributed by atoms with van der Waals surface area (Å²) >= 11 is 0. The topological polar surface area (TPSA) is 116 Å². The number of rotatable bonds is 8. The Morgan fingerprint density at radius 3 is 2.65 bits per heavy atom. The van der Waals surface area contributed by atoms with E-state index in [1.54, 1.807) is 18.2 Å². The highest BCUT2D eigenvalue weighted by molar-refractivity contribution is 5.94. The molecule has 3 atom stereocenters. The van der Waals surface area contributed by atoms with Crippen LogP contribution in [-0.2, 0) is 10.2 Å². The number of aliphatic hydroxyl groups is 1. The van der Waals surface area contributed by atoms with Gasteiger partial charge < -0.3 is 15.9 Å². The Balaban J connectivity index is 2.63. The van der Waals surface area contributed by atoms with Crippen molar-refractivity contribution in [3.63, 3.8) is 0 Å². The fraction of sp³-hybridized carbons (Fsp3) is 0.583. The minimum absolute atomic E-state index is 0.0755. The van der Waals surface area contributed by atoms with Crippen molar-refractivity contribution < 1.29 is 19.8 Å². The monoisotopic (exact) mass is 431 g/mol. The van der Waals surface area contributed by atoms with Crippen LogP contribution >= 0.6 is 0 Å². The van der Waals surface area contributed by atoms with Crippen molar-refractivity contribution in [3.05, 3.63) is 41.5 Å². The Morgan fingerprint density at radius 2 is 2.06 bits per heavy atom. The molecule has 1 saturated heterocycles. The Labute approximate surface area is 185 Å². The number of likely N-dealkylation sites (tertiary alicyclic amines) is 1. The smallest absolute Gasteiger partial charge is 0.318 e. The maximum absolute atomic E-state index is 12.8. The lowest BCUT2D eigenvalue weighted by Crippen LogP contribution is -2.68. The lowest BCUT2D eigenvalue weighted by molar-refractivity contribution is -0.150. The highest BCUT2D eigenvalue weighted by atomic mass is 16.3. The Kier molecular flexibility index (Phi) is 7.89. The molecule has 0 radical (unpaired) electrons. The molecule has 0 bridgehead atoms. The van der Waals surface area contributed by atoms with Gasteiger partial charge in [0, 0.05) is 24.4 Å². The van der Waals surface area contributed by atoms with Crippen molar-refractivity contribution in [2.75, 3.05) is 13.1 Å². The van der Waals surface area contributed by atoms with Gasteiger partial charge in [-0.15, -0.1) is 6.58 Å². The molecule has 1 aromatic carbocycles. The number of amides is 3. The van der Waals surface area contributed by atoms with Gasteiger partial charge in [0.2, 0.25) is 5.91 Å². The van der Waals surface area contributed by atoms with E-state index >= 15 is 0 Å². The van der Waals surface area contributed by atoms with Gasteiger partial charge >= 0.3 is 6.03 Å². The van der Waals surface area contributed by atoms with Gasteiger partial charge in [-0.25, -0.2) is 4.79 Å². The molecule has 0 saturated carbocycles. The van der Waals surface area contributed by atoms with Crippen LogP contribution in [0.3, 0.4) is 0 Å². The van der Waals surface area contributed by atoms with E-state index in [9.17, 15) is 19.8 Å².